The molecule has 0 N–H and O–H groups in total. The van der Waals surface area contributed by atoms with Gasteiger partial charge >= 0.3 is 0 Å². The Morgan fingerprint density at radius 3 is 2.38 bits per heavy atom. The molecule has 1 atom stereocenters. The number of likely N-dealkylation sites (tertiary alicyclic amines) is 2. The number of ether oxygens (including phenoxy) is 1. The molecule has 1 spiro atoms. The van der Waals surface area contributed by atoms with Crippen molar-refractivity contribution in [3.63, 3.8) is 0 Å². The zero-order valence-electron chi connectivity index (χ0n) is 15.2. The molecule has 4 heteroatoms. The minimum absolute atomic E-state index is 0.0866. The van der Waals surface area contributed by atoms with Gasteiger partial charge in [-0.2, -0.15) is 0 Å². The van der Waals surface area contributed by atoms with Gasteiger partial charge in [-0.25, -0.2) is 0 Å². The van der Waals surface area contributed by atoms with Crippen molar-refractivity contribution in [1.82, 2.24) is 9.80 Å². The van der Waals surface area contributed by atoms with E-state index in [2.05, 4.69) is 9.80 Å². The summed E-state index contributed by atoms with van der Waals surface area (Å²) in [5.74, 6) is 0.947. The summed E-state index contributed by atoms with van der Waals surface area (Å²) in [7, 11) is 0. The third kappa shape index (κ3) is 3.65. The highest BCUT2D eigenvalue weighted by atomic mass is 16.5. The van der Waals surface area contributed by atoms with Crippen molar-refractivity contribution in [2.24, 2.45) is 5.92 Å². The van der Waals surface area contributed by atoms with Gasteiger partial charge in [0, 0.05) is 45.2 Å². The summed E-state index contributed by atoms with van der Waals surface area (Å²) in [6, 6.07) is 0.846. The van der Waals surface area contributed by atoms with Gasteiger partial charge in [-0.05, 0) is 57.3 Å². The van der Waals surface area contributed by atoms with E-state index in [4.69, 9.17) is 4.74 Å². The van der Waals surface area contributed by atoms with Crippen LogP contribution in [0.15, 0.2) is 0 Å². The van der Waals surface area contributed by atoms with E-state index in [9.17, 15) is 4.79 Å². The molecule has 0 aromatic rings. The van der Waals surface area contributed by atoms with Gasteiger partial charge in [0.25, 0.3) is 0 Å². The number of carbonyl (C=O) groups is 1. The van der Waals surface area contributed by atoms with E-state index in [1.807, 2.05) is 0 Å². The van der Waals surface area contributed by atoms with Crippen LogP contribution in [0.2, 0.25) is 0 Å². The Kier molecular flexibility index (Phi) is 5.14. The fraction of sp³-hybridized carbons (Fsp3) is 0.950. The Hall–Kier alpha value is -0.610. The van der Waals surface area contributed by atoms with E-state index < -0.39 is 0 Å². The van der Waals surface area contributed by atoms with E-state index in [1.165, 1.54) is 64.5 Å². The minimum atomic E-state index is 0.0866. The van der Waals surface area contributed by atoms with E-state index in [-0.39, 0.29) is 5.60 Å². The zero-order chi connectivity index (χ0) is 16.4. The first-order valence-electron chi connectivity index (χ1n) is 10.4. The van der Waals surface area contributed by atoms with Crippen LogP contribution in [0.25, 0.3) is 0 Å². The molecule has 1 amide bonds. The van der Waals surface area contributed by atoms with Crippen molar-refractivity contribution in [3.8, 4) is 0 Å². The van der Waals surface area contributed by atoms with Crippen LogP contribution in [0.1, 0.15) is 70.6 Å². The predicted molar refractivity (Wildman–Crippen MR) is 94.9 cm³/mol. The van der Waals surface area contributed by atoms with Crippen LogP contribution in [-0.2, 0) is 9.53 Å². The molecule has 1 unspecified atom stereocenters. The van der Waals surface area contributed by atoms with Crippen molar-refractivity contribution in [1.29, 1.82) is 0 Å². The normalized spacial score (nSPS) is 31.8. The lowest BCUT2D eigenvalue weighted by atomic mass is 9.78. The van der Waals surface area contributed by atoms with Gasteiger partial charge in [0.2, 0.25) is 5.91 Å². The third-order valence-electron chi connectivity index (χ3n) is 7.07. The highest BCUT2D eigenvalue weighted by molar-refractivity contribution is 5.76. The molecule has 1 aliphatic carbocycles. The van der Waals surface area contributed by atoms with Crippen LogP contribution in [0, 0.1) is 5.92 Å². The molecule has 4 fully saturated rings. The molecule has 3 saturated heterocycles. The largest absolute Gasteiger partial charge is 0.375 e. The molecule has 4 aliphatic rings. The number of carbonyl (C=O) groups excluding carboxylic acids is 1. The van der Waals surface area contributed by atoms with Crippen molar-refractivity contribution >= 4 is 5.91 Å². The van der Waals surface area contributed by atoms with Crippen LogP contribution in [-0.4, -0.2) is 60.1 Å². The predicted octanol–water partition coefficient (Wildman–Crippen LogP) is 3.20. The highest BCUT2D eigenvalue weighted by Crippen LogP contribution is 2.40. The monoisotopic (exact) mass is 334 g/mol. The van der Waals surface area contributed by atoms with Crippen LogP contribution < -0.4 is 0 Å². The molecule has 0 aromatic heterocycles. The van der Waals surface area contributed by atoms with Gasteiger partial charge in [0.15, 0.2) is 0 Å². The quantitative estimate of drug-likeness (QED) is 0.794. The summed E-state index contributed by atoms with van der Waals surface area (Å²) in [4.78, 5) is 17.3. The summed E-state index contributed by atoms with van der Waals surface area (Å²) in [5.41, 5.74) is 0.0866. The molecular weight excluding hydrogens is 300 g/mol. The fourth-order valence-electron chi connectivity index (χ4n) is 5.56. The molecule has 1 saturated carbocycles. The Balaban J connectivity index is 1.29. The van der Waals surface area contributed by atoms with Gasteiger partial charge in [-0.3, -0.25) is 4.79 Å². The van der Waals surface area contributed by atoms with Crippen molar-refractivity contribution in [2.45, 2.75) is 82.3 Å². The third-order valence-corrected chi connectivity index (χ3v) is 7.07. The average Bonchev–Trinajstić information content (AvgIpc) is 3.30. The molecular formula is C20H34N2O2. The number of nitrogens with zero attached hydrogens (tertiary/aromatic N) is 2. The minimum Gasteiger partial charge on any atom is -0.375 e. The molecule has 3 aliphatic heterocycles. The lowest BCUT2D eigenvalue weighted by Crippen LogP contribution is -2.51. The summed E-state index contributed by atoms with van der Waals surface area (Å²) in [6.45, 7) is 5.25. The van der Waals surface area contributed by atoms with Crippen LogP contribution in [0.4, 0.5) is 0 Å². The fourth-order valence-corrected chi connectivity index (χ4v) is 5.56. The summed E-state index contributed by atoms with van der Waals surface area (Å²) in [5, 5.41) is 0. The van der Waals surface area contributed by atoms with Crippen LogP contribution in [0.5, 0.6) is 0 Å². The van der Waals surface area contributed by atoms with Crippen molar-refractivity contribution in [2.75, 3.05) is 32.8 Å². The Bertz CT molecular complexity index is 433. The standard InChI is InChI=1S/C20H34N2O2/c23-19(22-10-3-4-11-22)15-17-7-14-24-20(16-17)8-12-21(13-9-20)18-5-1-2-6-18/h17-18H,1-16H2. The Morgan fingerprint density at radius 1 is 0.958 bits per heavy atom. The first kappa shape index (κ1) is 16.8. The number of amides is 1. The maximum atomic E-state index is 12.5. The maximum Gasteiger partial charge on any atom is 0.222 e. The molecule has 0 aromatic carbocycles. The summed E-state index contributed by atoms with van der Waals surface area (Å²) >= 11 is 0. The molecule has 24 heavy (non-hydrogen) atoms. The van der Waals surface area contributed by atoms with Crippen LogP contribution >= 0.6 is 0 Å². The van der Waals surface area contributed by atoms with Gasteiger partial charge < -0.3 is 14.5 Å². The number of hydrogen-bond donors (Lipinski definition) is 0. The Labute approximate surface area is 146 Å². The molecule has 0 bridgehead atoms. The molecule has 0 radical (unpaired) electrons. The van der Waals surface area contributed by atoms with Gasteiger partial charge in [0.05, 0.1) is 5.60 Å². The van der Waals surface area contributed by atoms with E-state index >= 15 is 0 Å². The number of hydrogen-bond acceptors (Lipinski definition) is 3. The molecule has 136 valence electrons. The van der Waals surface area contributed by atoms with Gasteiger partial charge in [0.1, 0.15) is 0 Å². The lowest BCUT2D eigenvalue weighted by molar-refractivity contribution is -0.142. The molecule has 4 nitrogen and oxygen atoms in total. The van der Waals surface area contributed by atoms with E-state index in [0.29, 0.717) is 11.8 Å². The summed E-state index contributed by atoms with van der Waals surface area (Å²) < 4.78 is 6.30. The van der Waals surface area contributed by atoms with E-state index in [0.717, 1.165) is 45.0 Å². The van der Waals surface area contributed by atoms with Crippen molar-refractivity contribution in [3.05, 3.63) is 0 Å². The second kappa shape index (κ2) is 7.33. The second-order valence-electron chi connectivity index (χ2n) is 8.66. The SMILES string of the molecule is O=C(CC1CCOC2(CCN(C3CCCC3)CC2)C1)N1CCCC1. The topological polar surface area (TPSA) is 32.8 Å². The van der Waals surface area contributed by atoms with Gasteiger partial charge in [-0.1, -0.05) is 12.8 Å². The molecule has 3 heterocycles. The second-order valence-corrected chi connectivity index (χ2v) is 8.66. The molecule has 4 rings (SSSR count). The lowest BCUT2D eigenvalue weighted by Gasteiger charge is -2.47. The zero-order valence-corrected chi connectivity index (χ0v) is 15.2. The van der Waals surface area contributed by atoms with Crippen molar-refractivity contribution < 1.29 is 9.53 Å². The smallest absolute Gasteiger partial charge is 0.222 e. The van der Waals surface area contributed by atoms with Crippen LogP contribution in [0.3, 0.4) is 0 Å². The number of piperidine rings is 1. The maximum absolute atomic E-state index is 12.5. The summed E-state index contributed by atoms with van der Waals surface area (Å²) in [6.07, 6.45) is 13.3. The Morgan fingerprint density at radius 2 is 1.67 bits per heavy atom. The van der Waals surface area contributed by atoms with Gasteiger partial charge in [-0.15, -0.1) is 0 Å². The van der Waals surface area contributed by atoms with E-state index in [1.54, 1.807) is 0 Å². The average molecular weight is 335 g/mol. The number of rotatable bonds is 3. The highest BCUT2D eigenvalue weighted by Gasteiger charge is 2.42. The first-order valence-corrected chi connectivity index (χ1v) is 10.4. The first-order chi connectivity index (χ1) is 11.7.